The lowest BCUT2D eigenvalue weighted by Crippen LogP contribution is -2.22. The van der Waals surface area contributed by atoms with E-state index in [1.165, 1.54) is 22.8 Å². The normalized spacial score (nSPS) is 10.3. The number of hydrogen-bond donors (Lipinski definition) is 1. The van der Waals surface area contributed by atoms with Gasteiger partial charge in [-0.3, -0.25) is 9.59 Å². The maximum atomic E-state index is 12.3. The van der Waals surface area contributed by atoms with Gasteiger partial charge in [0.15, 0.2) is 5.69 Å². The molecule has 0 aliphatic heterocycles. The topological polar surface area (TPSA) is 80.1 Å². The zero-order valence-electron chi connectivity index (χ0n) is 13.9. The Bertz CT molecular complexity index is 887. The maximum absolute atomic E-state index is 12.3. The first-order valence-electron chi connectivity index (χ1n) is 7.68. The molecule has 0 unspecified atom stereocenters. The van der Waals surface area contributed by atoms with Crippen LogP contribution in [0.4, 0.5) is 11.4 Å². The monoisotopic (exact) mass is 335 g/mol. The second-order valence-corrected chi connectivity index (χ2v) is 5.43. The number of benzene rings is 2. The van der Waals surface area contributed by atoms with Crippen LogP contribution in [0, 0.1) is 0 Å². The number of nitrogens with zero attached hydrogens (tertiary/aromatic N) is 4. The lowest BCUT2D eigenvalue weighted by molar-refractivity contribution is -0.116. The van der Waals surface area contributed by atoms with E-state index in [0.717, 1.165) is 11.4 Å². The van der Waals surface area contributed by atoms with Crippen molar-refractivity contribution in [1.29, 1.82) is 0 Å². The fourth-order valence-electron chi connectivity index (χ4n) is 2.20. The fourth-order valence-corrected chi connectivity index (χ4v) is 2.20. The molecule has 2 amide bonds. The van der Waals surface area contributed by atoms with Crippen molar-refractivity contribution >= 4 is 23.2 Å². The number of nitrogens with one attached hydrogen (secondary N) is 1. The lowest BCUT2D eigenvalue weighted by atomic mass is 10.2. The Hall–Kier alpha value is -3.48. The van der Waals surface area contributed by atoms with Crippen LogP contribution in [0.15, 0.2) is 60.8 Å². The SMILES string of the molecule is CC(=O)N(C)c1ccc(NC(=O)c2cnn(-c3ccccc3)n2)cc1. The number of hydrogen-bond acceptors (Lipinski definition) is 4. The van der Waals surface area contributed by atoms with Crippen molar-refractivity contribution in [3.63, 3.8) is 0 Å². The van der Waals surface area contributed by atoms with Gasteiger partial charge in [-0.1, -0.05) is 18.2 Å². The van der Waals surface area contributed by atoms with E-state index in [9.17, 15) is 9.59 Å². The highest BCUT2D eigenvalue weighted by Gasteiger charge is 2.12. The molecule has 0 atom stereocenters. The Morgan fingerprint density at radius 2 is 1.72 bits per heavy atom. The van der Waals surface area contributed by atoms with Gasteiger partial charge in [0.05, 0.1) is 11.9 Å². The summed E-state index contributed by atoms with van der Waals surface area (Å²) in [4.78, 5) is 26.6. The maximum Gasteiger partial charge on any atom is 0.277 e. The van der Waals surface area contributed by atoms with Gasteiger partial charge < -0.3 is 10.2 Å². The highest BCUT2D eigenvalue weighted by molar-refractivity contribution is 6.02. The molecule has 7 heteroatoms. The molecule has 0 fully saturated rings. The number of amides is 2. The van der Waals surface area contributed by atoms with Crippen molar-refractivity contribution in [3.05, 3.63) is 66.5 Å². The highest BCUT2D eigenvalue weighted by atomic mass is 16.2. The first-order chi connectivity index (χ1) is 12.0. The van der Waals surface area contributed by atoms with Crippen LogP contribution in [-0.4, -0.2) is 33.9 Å². The Morgan fingerprint density at radius 1 is 1.04 bits per heavy atom. The van der Waals surface area contributed by atoms with Gasteiger partial charge in [-0.25, -0.2) is 0 Å². The molecule has 0 aliphatic rings. The molecule has 0 aliphatic carbocycles. The van der Waals surface area contributed by atoms with E-state index in [1.807, 2.05) is 30.3 Å². The molecule has 3 aromatic rings. The standard InChI is InChI=1S/C18H17N5O2/c1-13(24)22(2)15-10-8-14(9-11-15)20-18(25)17-12-19-23(21-17)16-6-4-3-5-7-16/h3-12H,1-2H3,(H,20,25). The van der Waals surface area contributed by atoms with Crippen LogP contribution in [0.1, 0.15) is 17.4 Å². The molecule has 126 valence electrons. The molecule has 1 N–H and O–H groups in total. The predicted octanol–water partition coefficient (Wildman–Crippen LogP) is 2.50. The lowest BCUT2D eigenvalue weighted by Gasteiger charge is -2.15. The summed E-state index contributed by atoms with van der Waals surface area (Å²) in [5.41, 5.74) is 2.35. The van der Waals surface area contributed by atoms with Gasteiger partial charge in [-0.2, -0.15) is 9.90 Å². The molecule has 0 saturated heterocycles. The molecular weight excluding hydrogens is 318 g/mol. The zero-order valence-corrected chi connectivity index (χ0v) is 13.9. The van der Waals surface area contributed by atoms with E-state index in [4.69, 9.17) is 0 Å². The van der Waals surface area contributed by atoms with Crippen molar-refractivity contribution in [2.24, 2.45) is 0 Å². The van der Waals surface area contributed by atoms with E-state index in [1.54, 1.807) is 31.3 Å². The van der Waals surface area contributed by atoms with E-state index >= 15 is 0 Å². The van der Waals surface area contributed by atoms with Crippen molar-refractivity contribution in [1.82, 2.24) is 15.0 Å². The Balaban J connectivity index is 1.70. The summed E-state index contributed by atoms with van der Waals surface area (Å²) in [6.45, 7) is 1.49. The van der Waals surface area contributed by atoms with Crippen LogP contribution in [0.25, 0.3) is 5.69 Å². The number of carbonyl (C=O) groups excluding carboxylic acids is 2. The van der Waals surface area contributed by atoms with E-state index in [-0.39, 0.29) is 17.5 Å². The number of aromatic nitrogens is 3. The van der Waals surface area contributed by atoms with Crippen LogP contribution in [-0.2, 0) is 4.79 Å². The third-order valence-electron chi connectivity index (χ3n) is 3.70. The van der Waals surface area contributed by atoms with Crippen molar-refractivity contribution in [2.45, 2.75) is 6.92 Å². The summed E-state index contributed by atoms with van der Waals surface area (Å²) in [5, 5.41) is 11.1. The molecule has 1 heterocycles. The van der Waals surface area contributed by atoms with Gasteiger partial charge >= 0.3 is 0 Å². The van der Waals surface area contributed by atoms with Gasteiger partial charge in [-0.15, -0.1) is 5.10 Å². The summed E-state index contributed by atoms with van der Waals surface area (Å²) >= 11 is 0. The number of anilines is 2. The zero-order chi connectivity index (χ0) is 17.8. The molecule has 0 spiro atoms. The molecule has 3 rings (SSSR count). The smallest absolute Gasteiger partial charge is 0.277 e. The molecule has 1 aromatic heterocycles. The molecule has 0 radical (unpaired) electrons. The number of rotatable bonds is 4. The Morgan fingerprint density at radius 3 is 2.36 bits per heavy atom. The second-order valence-electron chi connectivity index (χ2n) is 5.43. The Labute approximate surface area is 144 Å². The average Bonchev–Trinajstić information content (AvgIpc) is 3.13. The van der Waals surface area contributed by atoms with Crippen LogP contribution >= 0.6 is 0 Å². The van der Waals surface area contributed by atoms with Crippen LogP contribution in [0.3, 0.4) is 0 Å². The minimum Gasteiger partial charge on any atom is -0.321 e. The van der Waals surface area contributed by atoms with Gasteiger partial charge in [0.2, 0.25) is 5.91 Å². The summed E-state index contributed by atoms with van der Waals surface area (Å²) < 4.78 is 0. The first kappa shape index (κ1) is 16.4. The molecular formula is C18H17N5O2. The number of para-hydroxylation sites is 1. The highest BCUT2D eigenvalue weighted by Crippen LogP contribution is 2.17. The van der Waals surface area contributed by atoms with Crippen molar-refractivity contribution in [3.8, 4) is 5.69 Å². The predicted molar refractivity (Wildman–Crippen MR) is 94.8 cm³/mol. The first-order valence-corrected chi connectivity index (χ1v) is 7.68. The largest absolute Gasteiger partial charge is 0.321 e. The van der Waals surface area contributed by atoms with Gasteiger partial charge in [0, 0.05) is 25.3 Å². The van der Waals surface area contributed by atoms with E-state index < -0.39 is 0 Å². The quantitative estimate of drug-likeness (QED) is 0.794. The van der Waals surface area contributed by atoms with E-state index in [2.05, 4.69) is 15.5 Å². The average molecular weight is 335 g/mol. The second kappa shape index (κ2) is 6.96. The third-order valence-corrected chi connectivity index (χ3v) is 3.70. The van der Waals surface area contributed by atoms with Gasteiger partial charge in [-0.05, 0) is 36.4 Å². The molecule has 25 heavy (non-hydrogen) atoms. The summed E-state index contributed by atoms with van der Waals surface area (Å²) in [6.07, 6.45) is 1.42. The minimum atomic E-state index is -0.352. The fraction of sp³-hybridized carbons (Fsp3) is 0.111. The molecule has 0 saturated carbocycles. The van der Waals surface area contributed by atoms with Gasteiger partial charge in [0.1, 0.15) is 0 Å². The minimum absolute atomic E-state index is 0.0608. The summed E-state index contributed by atoms with van der Waals surface area (Å²) in [7, 11) is 1.69. The summed E-state index contributed by atoms with van der Waals surface area (Å²) in [5.74, 6) is -0.413. The van der Waals surface area contributed by atoms with E-state index in [0.29, 0.717) is 5.69 Å². The van der Waals surface area contributed by atoms with Gasteiger partial charge in [0.25, 0.3) is 5.91 Å². The van der Waals surface area contributed by atoms with Crippen LogP contribution in [0.5, 0.6) is 0 Å². The van der Waals surface area contributed by atoms with Crippen molar-refractivity contribution in [2.75, 3.05) is 17.3 Å². The van der Waals surface area contributed by atoms with Crippen molar-refractivity contribution < 1.29 is 9.59 Å². The molecule has 0 bridgehead atoms. The summed E-state index contributed by atoms with van der Waals surface area (Å²) in [6, 6.07) is 16.3. The van der Waals surface area contributed by atoms with Crippen LogP contribution in [0.2, 0.25) is 0 Å². The number of carbonyl (C=O) groups is 2. The molecule has 7 nitrogen and oxygen atoms in total. The Kier molecular flexibility index (Phi) is 4.56. The molecule has 2 aromatic carbocycles. The third kappa shape index (κ3) is 3.72. The van der Waals surface area contributed by atoms with Crippen LogP contribution < -0.4 is 10.2 Å².